The first-order valence-corrected chi connectivity index (χ1v) is 8.12. The number of nitro benzene ring substituents is 1. The molecule has 0 aliphatic rings. The second kappa shape index (κ2) is 7.70. The molecule has 3 aromatic rings. The van der Waals surface area contributed by atoms with E-state index in [-0.39, 0.29) is 22.5 Å². The van der Waals surface area contributed by atoms with Crippen LogP contribution in [0.25, 0.3) is 11.3 Å². The van der Waals surface area contributed by atoms with Crippen molar-refractivity contribution in [1.82, 2.24) is 25.5 Å². The third-order valence-electron chi connectivity index (χ3n) is 3.36. The van der Waals surface area contributed by atoms with Crippen LogP contribution in [0.3, 0.4) is 0 Å². The molecular formula is C15H13N7O4S. The number of carbonyl (C=O) groups is 1. The van der Waals surface area contributed by atoms with Gasteiger partial charge in [-0.05, 0) is 36.5 Å². The van der Waals surface area contributed by atoms with E-state index >= 15 is 0 Å². The van der Waals surface area contributed by atoms with Crippen LogP contribution in [-0.4, -0.2) is 36.2 Å². The minimum atomic E-state index is -0.591. The van der Waals surface area contributed by atoms with Gasteiger partial charge in [0.1, 0.15) is 5.76 Å². The highest BCUT2D eigenvalue weighted by Gasteiger charge is 2.16. The van der Waals surface area contributed by atoms with Crippen molar-refractivity contribution < 1.29 is 14.1 Å². The normalized spacial score (nSPS) is 10.4. The Morgan fingerprint density at radius 2 is 2.19 bits per heavy atom. The number of thiocarbonyl (C=S) groups is 1. The van der Waals surface area contributed by atoms with Crippen LogP contribution in [0.2, 0.25) is 0 Å². The number of aryl methyl sites for hydroxylation is 1. The van der Waals surface area contributed by atoms with Gasteiger partial charge in [0.15, 0.2) is 10.9 Å². The number of benzene rings is 1. The van der Waals surface area contributed by atoms with E-state index < -0.39 is 10.8 Å². The number of tetrazole rings is 1. The Balaban J connectivity index is 1.66. The molecule has 2 N–H and O–H groups in total. The number of anilines is 1. The summed E-state index contributed by atoms with van der Waals surface area (Å²) in [6.45, 7) is 2.39. The number of nitro groups is 1. The summed E-state index contributed by atoms with van der Waals surface area (Å²) in [7, 11) is 0. The number of hydrogen-bond donors (Lipinski definition) is 2. The van der Waals surface area contributed by atoms with Gasteiger partial charge in [-0.15, -0.1) is 5.10 Å². The van der Waals surface area contributed by atoms with Gasteiger partial charge in [0, 0.05) is 17.7 Å². The summed E-state index contributed by atoms with van der Waals surface area (Å²) in [5.41, 5.74) is 0.400. The lowest BCUT2D eigenvalue weighted by atomic mass is 10.1. The summed E-state index contributed by atoms with van der Waals surface area (Å²) in [6, 6.07) is 8.88. The van der Waals surface area contributed by atoms with Crippen molar-refractivity contribution in [2.24, 2.45) is 0 Å². The summed E-state index contributed by atoms with van der Waals surface area (Å²) in [6.07, 6.45) is 0. The fraction of sp³-hybridized carbons (Fsp3) is 0.133. The Hall–Kier alpha value is -3.67. The first-order valence-electron chi connectivity index (χ1n) is 7.71. The first kappa shape index (κ1) is 18.1. The molecule has 2 heterocycles. The van der Waals surface area contributed by atoms with Gasteiger partial charge in [0.05, 0.1) is 11.5 Å². The maximum atomic E-state index is 12.2. The Kier molecular flexibility index (Phi) is 5.17. The first-order chi connectivity index (χ1) is 13.0. The number of nitrogens with zero attached hydrogens (tertiary/aromatic N) is 5. The molecule has 0 aliphatic heterocycles. The molecule has 0 aliphatic carbocycles. The molecule has 3 rings (SSSR count). The van der Waals surface area contributed by atoms with Gasteiger partial charge in [0.25, 0.3) is 17.5 Å². The third kappa shape index (κ3) is 4.30. The summed E-state index contributed by atoms with van der Waals surface area (Å²) >= 11 is 5.03. The Bertz CT molecular complexity index is 1010. The maximum Gasteiger partial charge on any atom is 0.293 e. The fourth-order valence-corrected chi connectivity index (χ4v) is 2.30. The van der Waals surface area contributed by atoms with Gasteiger partial charge in [-0.1, -0.05) is 17.2 Å². The molecule has 0 unspecified atom stereocenters. The molecule has 138 valence electrons. The Labute approximate surface area is 157 Å². The number of furan rings is 1. The van der Waals surface area contributed by atoms with Gasteiger partial charge >= 0.3 is 0 Å². The molecule has 27 heavy (non-hydrogen) atoms. The SMILES string of the molecule is CCn1nnc(NC(=S)NC(=O)c2ccc(-c3cccc([N+](=O)[O-])c3)o2)n1. The topological polar surface area (TPSA) is 141 Å². The van der Waals surface area contributed by atoms with E-state index in [0.717, 1.165) is 0 Å². The van der Waals surface area contributed by atoms with Crippen LogP contribution in [0.5, 0.6) is 0 Å². The van der Waals surface area contributed by atoms with Crippen LogP contribution in [0.4, 0.5) is 11.6 Å². The van der Waals surface area contributed by atoms with E-state index in [9.17, 15) is 14.9 Å². The molecule has 0 saturated carbocycles. The van der Waals surface area contributed by atoms with Crippen molar-refractivity contribution >= 4 is 34.9 Å². The van der Waals surface area contributed by atoms with E-state index in [2.05, 4.69) is 26.0 Å². The predicted molar refractivity (Wildman–Crippen MR) is 98.0 cm³/mol. The molecule has 1 amide bonds. The molecule has 12 heteroatoms. The van der Waals surface area contributed by atoms with Crippen LogP contribution in [0.1, 0.15) is 17.5 Å². The number of amides is 1. The molecule has 11 nitrogen and oxygen atoms in total. The van der Waals surface area contributed by atoms with E-state index in [1.165, 1.54) is 29.1 Å². The standard InChI is InChI=1S/C15H13N7O4S/c1-2-21-19-14(18-20-21)17-15(27)16-13(23)12-7-6-11(26-12)9-4-3-5-10(8-9)22(24)25/h3-8H,2H2,1H3,(H2,16,17,19,23,27). The quantitative estimate of drug-likeness (QED) is 0.382. The second-order valence-corrected chi connectivity index (χ2v) is 5.59. The molecular weight excluding hydrogens is 374 g/mol. The van der Waals surface area contributed by atoms with Crippen LogP contribution < -0.4 is 10.6 Å². The lowest BCUT2D eigenvalue weighted by Crippen LogP contribution is -2.34. The maximum absolute atomic E-state index is 12.2. The molecule has 0 bridgehead atoms. The highest BCUT2D eigenvalue weighted by molar-refractivity contribution is 7.80. The number of hydrogen-bond acceptors (Lipinski definition) is 8. The zero-order valence-corrected chi connectivity index (χ0v) is 14.8. The van der Waals surface area contributed by atoms with Gasteiger partial charge < -0.3 is 4.42 Å². The van der Waals surface area contributed by atoms with Crippen molar-refractivity contribution in [3.63, 3.8) is 0 Å². The highest BCUT2D eigenvalue weighted by atomic mass is 32.1. The summed E-state index contributed by atoms with van der Waals surface area (Å²) in [5.74, 6) is -0.132. The summed E-state index contributed by atoms with van der Waals surface area (Å²) < 4.78 is 5.47. The zero-order valence-electron chi connectivity index (χ0n) is 13.9. The highest BCUT2D eigenvalue weighted by Crippen LogP contribution is 2.25. The minimum Gasteiger partial charge on any atom is -0.451 e. The van der Waals surface area contributed by atoms with Crippen molar-refractivity contribution in [2.45, 2.75) is 13.5 Å². The van der Waals surface area contributed by atoms with E-state index in [1.807, 2.05) is 6.92 Å². The third-order valence-corrected chi connectivity index (χ3v) is 3.56. The molecule has 0 saturated heterocycles. The lowest BCUT2D eigenvalue weighted by molar-refractivity contribution is -0.384. The van der Waals surface area contributed by atoms with Crippen molar-refractivity contribution in [2.75, 3.05) is 5.32 Å². The van der Waals surface area contributed by atoms with E-state index in [0.29, 0.717) is 17.9 Å². The number of non-ortho nitro benzene ring substituents is 1. The van der Waals surface area contributed by atoms with E-state index in [4.69, 9.17) is 16.6 Å². The number of carbonyl (C=O) groups excluding carboxylic acids is 1. The predicted octanol–water partition coefficient (Wildman–Crippen LogP) is 1.99. The molecule has 1 aromatic carbocycles. The molecule has 0 fully saturated rings. The smallest absolute Gasteiger partial charge is 0.293 e. The van der Waals surface area contributed by atoms with Crippen molar-refractivity contribution in [1.29, 1.82) is 0 Å². The van der Waals surface area contributed by atoms with Crippen LogP contribution in [-0.2, 0) is 6.54 Å². The van der Waals surface area contributed by atoms with Crippen LogP contribution in [0.15, 0.2) is 40.8 Å². The minimum absolute atomic E-state index is 0.00849. The molecule has 2 aromatic heterocycles. The van der Waals surface area contributed by atoms with Crippen molar-refractivity contribution in [3.05, 3.63) is 52.3 Å². The fourth-order valence-electron chi connectivity index (χ4n) is 2.11. The van der Waals surface area contributed by atoms with Gasteiger partial charge in [-0.2, -0.15) is 4.80 Å². The van der Waals surface area contributed by atoms with Gasteiger partial charge in [-0.25, -0.2) is 0 Å². The number of aromatic nitrogens is 4. The van der Waals surface area contributed by atoms with E-state index in [1.54, 1.807) is 12.1 Å². The average Bonchev–Trinajstić information content (AvgIpc) is 3.31. The largest absolute Gasteiger partial charge is 0.451 e. The number of rotatable bonds is 5. The molecule has 0 radical (unpaired) electrons. The molecule has 0 atom stereocenters. The van der Waals surface area contributed by atoms with Gasteiger partial charge in [0.2, 0.25) is 0 Å². The van der Waals surface area contributed by atoms with Gasteiger partial charge in [-0.3, -0.25) is 25.5 Å². The Morgan fingerprint density at radius 1 is 1.37 bits per heavy atom. The van der Waals surface area contributed by atoms with Crippen molar-refractivity contribution in [3.8, 4) is 11.3 Å². The lowest BCUT2D eigenvalue weighted by Gasteiger charge is -2.04. The zero-order chi connectivity index (χ0) is 19.4. The summed E-state index contributed by atoms with van der Waals surface area (Å²) in [4.78, 5) is 23.9. The number of nitrogens with one attached hydrogen (secondary N) is 2. The monoisotopic (exact) mass is 387 g/mol. The average molecular weight is 387 g/mol. The van der Waals surface area contributed by atoms with Crippen LogP contribution >= 0.6 is 12.2 Å². The van der Waals surface area contributed by atoms with Crippen LogP contribution in [0, 0.1) is 10.1 Å². The second-order valence-electron chi connectivity index (χ2n) is 5.18. The molecule has 0 spiro atoms. The Morgan fingerprint density at radius 3 is 2.89 bits per heavy atom. The summed E-state index contributed by atoms with van der Waals surface area (Å²) in [5, 5.41) is 27.4.